The normalized spacial score (nSPS) is 10.5. The van der Waals surface area contributed by atoms with Crippen molar-refractivity contribution in [3.05, 3.63) is 65.3 Å². The van der Waals surface area contributed by atoms with Crippen molar-refractivity contribution in [2.75, 3.05) is 5.32 Å². The van der Waals surface area contributed by atoms with E-state index in [4.69, 9.17) is 0 Å². The Bertz CT molecular complexity index is 737. The van der Waals surface area contributed by atoms with Crippen LogP contribution >= 0.6 is 11.3 Å². The van der Waals surface area contributed by atoms with Gasteiger partial charge in [0.25, 0.3) is 0 Å². The van der Waals surface area contributed by atoms with Gasteiger partial charge in [-0.25, -0.2) is 9.37 Å². The number of aromatic nitrogens is 1. The van der Waals surface area contributed by atoms with Gasteiger partial charge in [0, 0.05) is 11.3 Å². The van der Waals surface area contributed by atoms with Crippen molar-refractivity contribution in [3.8, 4) is 11.3 Å². The third kappa shape index (κ3) is 2.56. The summed E-state index contributed by atoms with van der Waals surface area (Å²) in [7, 11) is 0. The maximum absolute atomic E-state index is 13.7. The van der Waals surface area contributed by atoms with Gasteiger partial charge in [0.05, 0.1) is 11.1 Å². The van der Waals surface area contributed by atoms with Crippen LogP contribution in [0.3, 0.4) is 0 Å². The molecule has 0 saturated carbocycles. The van der Waals surface area contributed by atoms with Crippen molar-refractivity contribution >= 4 is 22.2 Å². The minimum atomic E-state index is -0.281. The summed E-state index contributed by atoms with van der Waals surface area (Å²) in [5, 5.41) is 6.97. The van der Waals surface area contributed by atoms with E-state index < -0.39 is 0 Å². The highest BCUT2D eigenvalue weighted by Crippen LogP contribution is 2.28. The average Bonchev–Trinajstić information content (AvgIpc) is 2.90. The number of anilines is 2. The third-order valence-electron chi connectivity index (χ3n) is 2.97. The van der Waals surface area contributed by atoms with Gasteiger partial charge in [-0.2, -0.15) is 0 Å². The summed E-state index contributed by atoms with van der Waals surface area (Å²) in [5.41, 5.74) is 3.14. The number of para-hydroxylation sites is 1. The summed E-state index contributed by atoms with van der Waals surface area (Å²) >= 11 is 1.34. The molecule has 0 fully saturated rings. The Morgan fingerprint density at radius 3 is 2.65 bits per heavy atom. The molecule has 3 rings (SSSR count). The molecule has 0 spiro atoms. The average molecular weight is 283 g/mol. The molecule has 2 aromatic carbocycles. The second kappa shape index (κ2) is 5.43. The van der Waals surface area contributed by atoms with Gasteiger partial charge in [0.2, 0.25) is 0 Å². The molecule has 1 radical (unpaired) electrons. The summed E-state index contributed by atoms with van der Waals surface area (Å²) in [6.45, 7) is 2.03. The Hall–Kier alpha value is -2.20. The molecule has 99 valence electrons. The molecule has 1 N–H and O–H groups in total. The zero-order valence-electron chi connectivity index (χ0n) is 10.9. The van der Waals surface area contributed by atoms with Gasteiger partial charge in [0.15, 0.2) is 5.13 Å². The van der Waals surface area contributed by atoms with Crippen molar-refractivity contribution in [1.29, 1.82) is 0 Å². The number of rotatable bonds is 3. The summed E-state index contributed by atoms with van der Waals surface area (Å²) in [5.74, 6) is -0.281. The lowest BCUT2D eigenvalue weighted by Gasteiger charge is -2.05. The molecule has 2 nitrogen and oxygen atoms in total. The van der Waals surface area contributed by atoms with Crippen molar-refractivity contribution in [2.24, 2.45) is 0 Å². The number of nitrogens with one attached hydrogen (secondary N) is 1. The van der Waals surface area contributed by atoms with Crippen molar-refractivity contribution < 1.29 is 4.39 Å². The molecule has 1 aromatic heterocycles. The van der Waals surface area contributed by atoms with E-state index in [9.17, 15) is 4.39 Å². The molecule has 0 bridgehead atoms. The van der Waals surface area contributed by atoms with E-state index in [1.165, 1.54) is 17.4 Å². The molecule has 0 atom stereocenters. The Kier molecular flexibility index (Phi) is 3.48. The van der Waals surface area contributed by atoms with E-state index in [2.05, 4.69) is 15.7 Å². The second-order valence-electron chi connectivity index (χ2n) is 4.39. The number of thiazole rings is 1. The van der Waals surface area contributed by atoms with E-state index in [1.54, 1.807) is 18.2 Å². The SMILES string of the molecule is Cc1ccccc1Nc1nc(-c2ccccc2F)[c]s1. The van der Waals surface area contributed by atoms with E-state index in [-0.39, 0.29) is 5.82 Å². The van der Waals surface area contributed by atoms with Crippen molar-refractivity contribution in [2.45, 2.75) is 6.92 Å². The van der Waals surface area contributed by atoms with Crippen LogP contribution in [0.25, 0.3) is 11.3 Å². The van der Waals surface area contributed by atoms with E-state index in [0.717, 1.165) is 11.3 Å². The molecule has 1 heterocycles. The van der Waals surface area contributed by atoms with Crippen LogP contribution in [0.2, 0.25) is 0 Å². The molecule has 0 unspecified atom stereocenters. The Labute approximate surface area is 120 Å². The van der Waals surface area contributed by atoms with Crippen LogP contribution in [0.4, 0.5) is 15.2 Å². The predicted octanol–water partition coefficient (Wildman–Crippen LogP) is 4.80. The van der Waals surface area contributed by atoms with Crippen LogP contribution in [0.1, 0.15) is 5.56 Å². The highest BCUT2D eigenvalue weighted by Gasteiger charge is 2.09. The number of nitrogens with zero attached hydrogens (tertiary/aromatic N) is 1. The molecule has 0 aliphatic heterocycles. The third-order valence-corrected chi connectivity index (χ3v) is 3.66. The fraction of sp³-hybridized carbons (Fsp3) is 0.0625. The first-order valence-electron chi connectivity index (χ1n) is 6.20. The van der Waals surface area contributed by atoms with Crippen LogP contribution in [-0.2, 0) is 0 Å². The van der Waals surface area contributed by atoms with Crippen LogP contribution in [0.15, 0.2) is 48.5 Å². The minimum Gasteiger partial charge on any atom is -0.331 e. The minimum absolute atomic E-state index is 0.281. The molecule has 0 aliphatic rings. The van der Waals surface area contributed by atoms with Gasteiger partial charge in [0.1, 0.15) is 5.82 Å². The fourth-order valence-electron chi connectivity index (χ4n) is 1.89. The van der Waals surface area contributed by atoms with E-state index >= 15 is 0 Å². The molecule has 20 heavy (non-hydrogen) atoms. The van der Waals surface area contributed by atoms with Gasteiger partial charge in [-0.15, -0.1) is 0 Å². The molecular weight excluding hydrogens is 271 g/mol. The molecule has 0 aliphatic carbocycles. The lowest BCUT2D eigenvalue weighted by atomic mass is 10.2. The van der Waals surface area contributed by atoms with Gasteiger partial charge >= 0.3 is 0 Å². The first-order chi connectivity index (χ1) is 9.74. The fourth-order valence-corrected chi connectivity index (χ4v) is 2.54. The second-order valence-corrected chi connectivity index (χ2v) is 5.18. The zero-order chi connectivity index (χ0) is 13.9. The van der Waals surface area contributed by atoms with Gasteiger partial charge in [-0.05, 0) is 30.7 Å². The summed E-state index contributed by atoms with van der Waals surface area (Å²) in [6, 6.07) is 14.5. The van der Waals surface area contributed by atoms with Gasteiger partial charge in [-0.1, -0.05) is 41.7 Å². The first kappa shape index (κ1) is 12.8. The summed E-state index contributed by atoms with van der Waals surface area (Å²) in [6.07, 6.45) is 0. The van der Waals surface area contributed by atoms with E-state index in [1.807, 2.05) is 31.2 Å². The monoisotopic (exact) mass is 283 g/mol. The number of aryl methyl sites for hydroxylation is 1. The molecule has 3 aromatic rings. The quantitative estimate of drug-likeness (QED) is 0.746. The lowest BCUT2D eigenvalue weighted by Crippen LogP contribution is -1.92. The summed E-state index contributed by atoms with van der Waals surface area (Å²) < 4.78 is 13.7. The molecule has 0 amide bonds. The van der Waals surface area contributed by atoms with Crippen LogP contribution < -0.4 is 5.32 Å². The van der Waals surface area contributed by atoms with Crippen molar-refractivity contribution in [1.82, 2.24) is 4.98 Å². The Morgan fingerprint density at radius 1 is 1.10 bits per heavy atom. The van der Waals surface area contributed by atoms with Gasteiger partial charge < -0.3 is 5.32 Å². The van der Waals surface area contributed by atoms with Gasteiger partial charge in [-0.3, -0.25) is 0 Å². The standard InChI is InChI=1S/C16H12FN2S/c1-11-6-2-5-9-14(11)18-16-19-15(10-20-16)12-7-3-4-8-13(12)17/h2-9H,1H3,(H,18,19). The van der Waals surface area contributed by atoms with Crippen LogP contribution in [0, 0.1) is 18.1 Å². The topological polar surface area (TPSA) is 24.9 Å². The number of hydrogen-bond acceptors (Lipinski definition) is 3. The smallest absolute Gasteiger partial charge is 0.188 e. The Balaban J connectivity index is 1.88. The maximum atomic E-state index is 13.7. The number of hydrogen-bond donors (Lipinski definition) is 1. The van der Waals surface area contributed by atoms with Crippen LogP contribution in [-0.4, -0.2) is 4.98 Å². The number of halogens is 1. The van der Waals surface area contributed by atoms with Crippen LogP contribution in [0.5, 0.6) is 0 Å². The number of benzene rings is 2. The largest absolute Gasteiger partial charge is 0.331 e. The first-order valence-corrected chi connectivity index (χ1v) is 7.02. The Morgan fingerprint density at radius 2 is 1.85 bits per heavy atom. The predicted molar refractivity (Wildman–Crippen MR) is 80.8 cm³/mol. The highest BCUT2D eigenvalue weighted by molar-refractivity contribution is 7.13. The lowest BCUT2D eigenvalue weighted by molar-refractivity contribution is 0.631. The van der Waals surface area contributed by atoms with E-state index in [0.29, 0.717) is 16.4 Å². The highest BCUT2D eigenvalue weighted by atomic mass is 32.1. The molecule has 4 heteroatoms. The molecule has 0 saturated heterocycles. The molecular formula is C16H12FN2S. The summed E-state index contributed by atoms with van der Waals surface area (Å²) in [4.78, 5) is 4.39. The van der Waals surface area contributed by atoms with Crippen molar-refractivity contribution in [3.63, 3.8) is 0 Å². The maximum Gasteiger partial charge on any atom is 0.188 e. The zero-order valence-corrected chi connectivity index (χ0v) is 11.7.